The molecule has 0 radical (unpaired) electrons. The van der Waals surface area contributed by atoms with E-state index in [1.807, 2.05) is 0 Å². The third kappa shape index (κ3) is 718. The van der Waals surface area contributed by atoms with Gasteiger partial charge in [-0.05, 0) is 0 Å². The summed E-state index contributed by atoms with van der Waals surface area (Å²) in [7, 11) is -4.33. The first-order valence-corrected chi connectivity index (χ1v) is 1.55. The Morgan fingerprint density at radius 1 is 0.0833 bits per heavy atom. The number of hydrogen-bond acceptors (Lipinski definition) is 6. The standard InChI is InChI=1S/2BH3O3.52Li.52H/c2*2-1(3)4;;;;;;;;;;;;;;;;;;;;;;;;;;;;;;;;;;;;;;;;;;;;;;;;;;;;;;;;;;;;;;;;;;;;;;;;;;;;;;;;;;;;;;;;;;;;;;;;;;;;;;;;/h2*2-4H;;;;;;;;;;;;;;;;;;;;;;;;;;;;;;;;;;;;;;;;;;;;;;;;;;;;;;;;;;;;;;;;;;;;;;;;;;;;;;;;;;;;;;;;;;;;;;;;;;;;;;;;. The summed E-state index contributed by atoms with van der Waals surface area (Å²) in [5.74, 6) is 0. The van der Waals surface area contributed by atoms with E-state index >= 15 is 0 Å². The molecule has 0 rings (SSSR count). The second-order valence-corrected chi connectivity index (χ2v) is 0.693. The predicted molar refractivity (Wildman–Crippen MR) is 397 cm³/mol. The van der Waals surface area contributed by atoms with Crippen LogP contribution in [0, 0.1) is 0 Å². The Balaban J connectivity index is -0.000000000124. The number of rotatable bonds is 0. The average Bonchev–Trinajstić information content (AvgIpc) is 1.25. The molecule has 6 nitrogen and oxygen atoms in total. The Labute approximate surface area is 997 Å². The molecule has 0 aliphatic carbocycles. The monoisotopic (exact) mass is 541 g/mol. The second kappa shape index (κ2) is 521. The Hall–Kier alpha value is 31.0. The van der Waals surface area contributed by atoms with Gasteiger partial charge in [0.25, 0.3) is 0 Å². The Morgan fingerprint density at radius 2 is 0.0833 bits per heavy atom. The zero-order chi connectivity index (χ0) is 7.15. The van der Waals surface area contributed by atoms with Gasteiger partial charge in [0, 0.05) is 0 Å². The van der Waals surface area contributed by atoms with Crippen LogP contribution in [0.1, 0.15) is 0 Å². The first-order chi connectivity index (χ1) is 3.46. The molecule has 0 bridgehead atoms. The first-order valence-electron chi connectivity index (χ1n) is 1.55. The van der Waals surface area contributed by atoms with Crippen molar-refractivity contribution in [3.63, 3.8) is 0 Å². The van der Waals surface area contributed by atoms with Gasteiger partial charge in [-0.1, -0.05) is 0 Å². The van der Waals surface area contributed by atoms with Crippen LogP contribution in [0.3, 0.4) is 0 Å². The summed E-state index contributed by atoms with van der Waals surface area (Å²) in [6.07, 6.45) is 0. The van der Waals surface area contributed by atoms with Crippen molar-refractivity contribution in [1.82, 2.24) is 0 Å². The normalized spacial score (nSPS) is 0.900. The second-order valence-electron chi connectivity index (χ2n) is 0.693. The van der Waals surface area contributed by atoms with E-state index in [2.05, 4.69) is 0 Å². The molecule has 0 heterocycles. The molecular weight excluding hydrogens is 479 g/mol. The van der Waals surface area contributed by atoms with Crippen molar-refractivity contribution in [2.45, 2.75) is 0 Å². The molecule has 0 aromatic heterocycles. The Kier molecular flexibility index (Phi) is 4680. The SMILES string of the molecule is OB(O)O.OB(O)O.[LiH].[LiH].[LiH].[LiH].[LiH].[LiH].[LiH].[LiH].[LiH].[LiH].[LiH].[LiH].[LiH].[LiH].[LiH].[LiH].[LiH].[LiH].[LiH].[LiH].[LiH].[LiH].[LiH].[LiH].[LiH].[LiH].[LiH].[LiH].[LiH].[LiH].[LiH].[LiH].[LiH].[LiH].[LiH].[LiH].[LiH].[LiH].[LiH].[LiH].[LiH].[LiH].[LiH].[LiH].[LiH].[LiH].[LiH].[LiH].[LiH].[LiH].[LiH].[LiH]. The molecule has 0 aromatic carbocycles. The van der Waals surface area contributed by atoms with E-state index in [9.17, 15) is 0 Å². The fraction of sp³-hybridized carbons (Fsp3) is 0. The van der Waals surface area contributed by atoms with Crippen LogP contribution >= 0.6 is 0 Å². The van der Waals surface area contributed by atoms with Gasteiger partial charge in [0.05, 0.1) is 0 Å². The predicted octanol–water partition coefficient (Wildman–Crippen LogP) is -37.8. The fourth-order valence-electron chi connectivity index (χ4n) is 0. The van der Waals surface area contributed by atoms with Gasteiger partial charge in [0.1, 0.15) is 0 Å². The van der Waals surface area contributed by atoms with Crippen molar-refractivity contribution >= 4 is 995 Å². The average molecular weight is 537 g/mol. The van der Waals surface area contributed by atoms with E-state index in [4.69, 9.17) is 30.1 Å². The van der Waals surface area contributed by atoms with Crippen LogP contribution in [0.5, 0.6) is 0 Å². The van der Waals surface area contributed by atoms with Gasteiger partial charge in [-0.25, -0.2) is 0 Å². The Bertz CT molecular complexity index is 56.0. The van der Waals surface area contributed by atoms with Gasteiger partial charge >= 0.3 is 995 Å². The van der Waals surface area contributed by atoms with Gasteiger partial charge in [0.15, 0.2) is 0 Å². The molecule has 0 atom stereocenters. The summed E-state index contributed by atoms with van der Waals surface area (Å²) in [5, 5.41) is 43.0. The minimum atomic E-state index is -2.17. The van der Waals surface area contributed by atoms with Crippen LogP contribution < -0.4 is 0 Å². The van der Waals surface area contributed by atoms with Gasteiger partial charge in [-0.15, -0.1) is 0 Å². The van der Waals surface area contributed by atoms with Crippen LogP contribution in [0.15, 0.2) is 0 Å². The van der Waals surface area contributed by atoms with Crippen molar-refractivity contribution in [3.05, 3.63) is 0 Å². The summed E-state index contributed by atoms with van der Waals surface area (Å²) >= 11 is 0. The molecular formula is H58B2Li52O6. The molecule has 0 saturated heterocycles. The van der Waals surface area contributed by atoms with E-state index < -0.39 is 14.6 Å². The van der Waals surface area contributed by atoms with Crippen molar-refractivity contribution in [2.75, 3.05) is 0 Å². The van der Waals surface area contributed by atoms with Gasteiger partial charge < -0.3 is 30.1 Å². The topological polar surface area (TPSA) is 121 Å². The van der Waals surface area contributed by atoms with Crippen LogP contribution in [0.4, 0.5) is 0 Å². The van der Waals surface area contributed by atoms with Crippen LogP contribution in [0.25, 0.3) is 0 Å². The van der Waals surface area contributed by atoms with Crippen molar-refractivity contribution in [1.29, 1.82) is 0 Å². The molecule has 0 amide bonds. The molecule has 0 unspecified atom stereocenters. The third-order valence-corrected chi connectivity index (χ3v) is 0. The molecule has 0 saturated carbocycles. The maximum atomic E-state index is 7.17. The third-order valence-electron chi connectivity index (χ3n) is 0. The minimum absolute atomic E-state index is 0. The zero-order valence-corrected chi connectivity index (χ0v) is 3.84. The van der Waals surface area contributed by atoms with Crippen LogP contribution in [-0.4, -0.2) is 1030 Å². The van der Waals surface area contributed by atoms with E-state index in [1.165, 1.54) is 0 Å². The van der Waals surface area contributed by atoms with Gasteiger partial charge in [-0.2, -0.15) is 0 Å². The first kappa shape index (κ1) is 539. The van der Waals surface area contributed by atoms with Crippen LogP contribution in [0.2, 0.25) is 0 Å². The molecule has 0 aliphatic heterocycles. The molecule has 0 fully saturated rings. The van der Waals surface area contributed by atoms with E-state index in [1.54, 1.807) is 0 Å². The summed E-state index contributed by atoms with van der Waals surface area (Å²) in [6, 6.07) is 0. The number of hydrogen-bond donors (Lipinski definition) is 6. The molecule has 60 heteroatoms. The van der Waals surface area contributed by atoms with Gasteiger partial charge in [0.2, 0.25) is 0 Å². The summed E-state index contributed by atoms with van der Waals surface area (Å²) < 4.78 is 0. The van der Waals surface area contributed by atoms with Crippen molar-refractivity contribution < 1.29 is 30.1 Å². The Morgan fingerprint density at radius 3 is 0.0833 bits per heavy atom. The molecule has 0 aromatic rings. The van der Waals surface area contributed by atoms with Crippen LogP contribution in [-0.2, 0) is 0 Å². The zero-order valence-electron chi connectivity index (χ0n) is 3.84. The van der Waals surface area contributed by atoms with E-state index in [-0.39, 0.29) is 981 Å². The molecule has 6 N–H and O–H groups in total. The molecule has 0 aliphatic rings. The van der Waals surface area contributed by atoms with Crippen molar-refractivity contribution in [3.8, 4) is 0 Å². The van der Waals surface area contributed by atoms with Crippen molar-refractivity contribution in [2.24, 2.45) is 0 Å². The summed E-state index contributed by atoms with van der Waals surface area (Å²) in [5.41, 5.74) is 0. The quantitative estimate of drug-likeness (QED) is 0.171. The molecule has 0 spiro atoms. The fourth-order valence-corrected chi connectivity index (χ4v) is 0. The van der Waals surface area contributed by atoms with Gasteiger partial charge in [-0.3, -0.25) is 0 Å². The molecule has 152 valence electrons. The summed E-state index contributed by atoms with van der Waals surface area (Å²) in [6.45, 7) is 0. The maximum absolute atomic E-state index is 7.17. The van der Waals surface area contributed by atoms with E-state index in [0.29, 0.717) is 0 Å². The molecule has 60 heavy (non-hydrogen) atoms. The summed E-state index contributed by atoms with van der Waals surface area (Å²) in [4.78, 5) is 0. The van der Waals surface area contributed by atoms with E-state index in [0.717, 1.165) is 0 Å².